The van der Waals surface area contributed by atoms with Crippen molar-refractivity contribution in [3.05, 3.63) is 36.0 Å². The minimum atomic E-state index is 0.546. The number of nitrogens with one attached hydrogen (secondary N) is 1. The van der Waals surface area contributed by atoms with Gasteiger partial charge in [0.15, 0.2) is 17.1 Å². The molecule has 0 radical (unpaired) electrons. The standard InChI is InChI=1S/C19H24N4O2/c1-12(2)11-20-18-8-13(3)21-19-10-15(22-23(18)19)14-6-7-16(24-4)17(9-14)25-5/h6-10,12,20H,11H2,1-5H3. The van der Waals surface area contributed by atoms with Crippen LogP contribution in [0.3, 0.4) is 0 Å². The number of benzene rings is 1. The second-order valence-corrected chi connectivity index (χ2v) is 6.43. The zero-order valence-electron chi connectivity index (χ0n) is 15.3. The average molecular weight is 340 g/mol. The van der Waals surface area contributed by atoms with Crippen LogP contribution in [0.2, 0.25) is 0 Å². The minimum absolute atomic E-state index is 0.546. The van der Waals surface area contributed by atoms with Crippen LogP contribution in [0.1, 0.15) is 19.5 Å². The molecule has 132 valence electrons. The number of rotatable bonds is 6. The fourth-order valence-corrected chi connectivity index (χ4v) is 2.67. The first-order valence-electron chi connectivity index (χ1n) is 8.35. The number of aryl methyl sites for hydroxylation is 1. The van der Waals surface area contributed by atoms with E-state index in [-0.39, 0.29) is 0 Å². The highest BCUT2D eigenvalue weighted by Gasteiger charge is 2.12. The molecule has 6 nitrogen and oxygen atoms in total. The Kier molecular flexibility index (Phi) is 4.79. The maximum absolute atomic E-state index is 5.39. The van der Waals surface area contributed by atoms with E-state index in [0.29, 0.717) is 17.4 Å². The number of methoxy groups -OCH3 is 2. The SMILES string of the molecule is COc1ccc(-c2cc3nc(C)cc(NCC(C)C)n3n2)cc1OC. The van der Waals surface area contributed by atoms with Crippen molar-refractivity contribution < 1.29 is 9.47 Å². The predicted octanol–water partition coefficient (Wildman–Crippen LogP) is 3.79. The lowest BCUT2D eigenvalue weighted by molar-refractivity contribution is 0.355. The summed E-state index contributed by atoms with van der Waals surface area (Å²) in [5.41, 5.74) is 3.57. The molecule has 0 aliphatic rings. The molecule has 6 heteroatoms. The maximum atomic E-state index is 5.39. The quantitative estimate of drug-likeness (QED) is 0.740. The molecule has 2 heterocycles. The van der Waals surface area contributed by atoms with E-state index >= 15 is 0 Å². The normalized spacial score (nSPS) is 11.1. The minimum Gasteiger partial charge on any atom is -0.493 e. The lowest BCUT2D eigenvalue weighted by Gasteiger charge is -2.11. The zero-order chi connectivity index (χ0) is 18.0. The summed E-state index contributed by atoms with van der Waals surface area (Å²) in [4.78, 5) is 4.59. The fraction of sp³-hybridized carbons (Fsp3) is 0.368. The smallest absolute Gasteiger partial charge is 0.161 e. The molecule has 0 unspecified atom stereocenters. The fourth-order valence-electron chi connectivity index (χ4n) is 2.67. The van der Waals surface area contributed by atoms with Gasteiger partial charge in [-0.1, -0.05) is 13.8 Å². The summed E-state index contributed by atoms with van der Waals surface area (Å²) < 4.78 is 12.5. The summed E-state index contributed by atoms with van der Waals surface area (Å²) in [6.07, 6.45) is 0. The van der Waals surface area contributed by atoms with Gasteiger partial charge in [0.05, 0.1) is 19.9 Å². The molecular formula is C19H24N4O2. The first kappa shape index (κ1) is 17.1. The number of hydrogen-bond acceptors (Lipinski definition) is 5. The second kappa shape index (κ2) is 7.01. The molecule has 3 aromatic rings. The lowest BCUT2D eigenvalue weighted by Crippen LogP contribution is -2.12. The molecule has 1 aromatic carbocycles. The van der Waals surface area contributed by atoms with E-state index in [1.54, 1.807) is 14.2 Å². The number of fused-ring (bicyclic) bond motifs is 1. The summed E-state index contributed by atoms with van der Waals surface area (Å²) in [6.45, 7) is 7.22. The number of ether oxygens (including phenoxy) is 2. The molecule has 0 amide bonds. The van der Waals surface area contributed by atoms with Crippen LogP contribution < -0.4 is 14.8 Å². The first-order valence-corrected chi connectivity index (χ1v) is 8.35. The highest BCUT2D eigenvalue weighted by Crippen LogP contribution is 2.32. The van der Waals surface area contributed by atoms with Crippen LogP contribution in [-0.2, 0) is 0 Å². The van der Waals surface area contributed by atoms with Gasteiger partial charge in [0, 0.05) is 29.9 Å². The third-order valence-electron chi connectivity index (χ3n) is 3.93. The molecule has 0 spiro atoms. The van der Waals surface area contributed by atoms with Gasteiger partial charge in [0.2, 0.25) is 0 Å². The Morgan fingerprint density at radius 3 is 2.52 bits per heavy atom. The van der Waals surface area contributed by atoms with Gasteiger partial charge in [-0.15, -0.1) is 0 Å². The van der Waals surface area contributed by atoms with E-state index in [9.17, 15) is 0 Å². The van der Waals surface area contributed by atoms with Crippen molar-refractivity contribution in [2.24, 2.45) is 5.92 Å². The van der Waals surface area contributed by atoms with E-state index in [0.717, 1.165) is 35.0 Å². The molecular weight excluding hydrogens is 316 g/mol. The largest absolute Gasteiger partial charge is 0.493 e. The average Bonchev–Trinajstić information content (AvgIpc) is 3.02. The van der Waals surface area contributed by atoms with Crippen LogP contribution in [0.4, 0.5) is 5.82 Å². The van der Waals surface area contributed by atoms with Crippen LogP contribution in [0.25, 0.3) is 16.9 Å². The summed E-state index contributed by atoms with van der Waals surface area (Å²) >= 11 is 0. The number of nitrogens with zero attached hydrogens (tertiary/aromatic N) is 3. The Morgan fingerprint density at radius 2 is 1.84 bits per heavy atom. The number of hydrogen-bond donors (Lipinski definition) is 1. The van der Waals surface area contributed by atoms with E-state index in [1.165, 1.54) is 0 Å². The van der Waals surface area contributed by atoms with Gasteiger partial charge in [-0.3, -0.25) is 0 Å². The van der Waals surface area contributed by atoms with Gasteiger partial charge in [0.1, 0.15) is 5.82 Å². The molecule has 0 aliphatic carbocycles. The van der Waals surface area contributed by atoms with Crippen LogP contribution >= 0.6 is 0 Å². The van der Waals surface area contributed by atoms with E-state index in [2.05, 4.69) is 24.1 Å². The van der Waals surface area contributed by atoms with Crippen LogP contribution in [0.15, 0.2) is 30.3 Å². The summed E-state index contributed by atoms with van der Waals surface area (Å²) in [7, 11) is 3.26. The van der Waals surface area contributed by atoms with Crippen molar-refractivity contribution >= 4 is 11.5 Å². The predicted molar refractivity (Wildman–Crippen MR) is 99.6 cm³/mol. The Balaban J connectivity index is 2.05. The van der Waals surface area contributed by atoms with Gasteiger partial charge < -0.3 is 14.8 Å². The Bertz CT molecular complexity index is 887. The van der Waals surface area contributed by atoms with E-state index in [1.807, 2.05) is 41.8 Å². The third-order valence-corrected chi connectivity index (χ3v) is 3.93. The molecule has 3 rings (SSSR count). The monoisotopic (exact) mass is 340 g/mol. The van der Waals surface area contributed by atoms with Crippen molar-refractivity contribution in [3.63, 3.8) is 0 Å². The van der Waals surface area contributed by atoms with Crippen molar-refractivity contribution in [1.29, 1.82) is 0 Å². The van der Waals surface area contributed by atoms with Crippen molar-refractivity contribution in [2.45, 2.75) is 20.8 Å². The number of aromatic nitrogens is 3. The zero-order valence-corrected chi connectivity index (χ0v) is 15.3. The van der Waals surface area contributed by atoms with Crippen molar-refractivity contribution in [1.82, 2.24) is 14.6 Å². The lowest BCUT2D eigenvalue weighted by atomic mass is 10.1. The molecule has 0 saturated carbocycles. The molecule has 0 saturated heterocycles. The summed E-state index contributed by atoms with van der Waals surface area (Å²) in [6, 6.07) is 9.77. The second-order valence-electron chi connectivity index (χ2n) is 6.43. The molecule has 25 heavy (non-hydrogen) atoms. The van der Waals surface area contributed by atoms with Crippen LogP contribution in [0.5, 0.6) is 11.5 Å². The highest BCUT2D eigenvalue weighted by atomic mass is 16.5. The number of anilines is 1. The van der Waals surface area contributed by atoms with E-state index < -0.39 is 0 Å². The van der Waals surface area contributed by atoms with Crippen molar-refractivity contribution in [2.75, 3.05) is 26.1 Å². The molecule has 1 N–H and O–H groups in total. The Morgan fingerprint density at radius 1 is 1.08 bits per heavy atom. The Labute approximate surface area is 147 Å². The molecule has 0 bridgehead atoms. The maximum Gasteiger partial charge on any atom is 0.161 e. The highest BCUT2D eigenvalue weighted by molar-refractivity contribution is 5.68. The summed E-state index contributed by atoms with van der Waals surface area (Å²) in [5, 5.41) is 8.18. The topological polar surface area (TPSA) is 60.7 Å². The third kappa shape index (κ3) is 3.52. The van der Waals surface area contributed by atoms with Gasteiger partial charge in [-0.05, 0) is 31.0 Å². The molecule has 0 aliphatic heterocycles. The van der Waals surface area contributed by atoms with Crippen LogP contribution in [-0.4, -0.2) is 35.4 Å². The van der Waals surface area contributed by atoms with Crippen molar-refractivity contribution in [3.8, 4) is 22.8 Å². The van der Waals surface area contributed by atoms with Crippen LogP contribution in [0, 0.1) is 12.8 Å². The van der Waals surface area contributed by atoms with Gasteiger partial charge in [-0.2, -0.15) is 9.61 Å². The van der Waals surface area contributed by atoms with E-state index in [4.69, 9.17) is 14.6 Å². The summed E-state index contributed by atoms with van der Waals surface area (Å²) in [5.74, 6) is 2.87. The Hall–Kier alpha value is -2.76. The first-order chi connectivity index (χ1) is 12.0. The molecule has 0 fully saturated rings. The van der Waals surface area contributed by atoms with Gasteiger partial charge >= 0.3 is 0 Å². The van der Waals surface area contributed by atoms with Gasteiger partial charge in [0.25, 0.3) is 0 Å². The van der Waals surface area contributed by atoms with Gasteiger partial charge in [-0.25, -0.2) is 4.98 Å². The molecule has 0 atom stereocenters. The molecule has 2 aromatic heterocycles.